The molecule has 0 aromatic carbocycles. The van der Waals surface area contributed by atoms with E-state index < -0.39 is 12.1 Å². The number of carboxylic acid groups (broad SMARTS) is 1. The maximum Gasteiger partial charge on any atom is 0.303 e. The van der Waals surface area contributed by atoms with Crippen LogP contribution in [0.3, 0.4) is 0 Å². The van der Waals surface area contributed by atoms with Gasteiger partial charge in [-0.25, -0.2) is 0 Å². The zero-order chi connectivity index (χ0) is 12.0. The van der Waals surface area contributed by atoms with Crippen LogP contribution in [-0.2, 0) is 9.59 Å². The van der Waals surface area contributed by atoms with E-state index >= 15 is 0 Å². The van der Waals surface area contributed by atoms with Gasteiger partial charge in [0.15, 0.2) is 0 Å². The third kappa shape index (κ3) is 6.90. The minimum absolute atomic E-state index is 0.00570. The van der Waals surface area contributed by atoms with Gasteiger partial charge < -0.3 is 15.1 Å². The van der Waals surface area contributed by atoms with Crippen molar-refractivity contribution >= 4 is 11.9 Å². The first kappa shape index (κ1) is 13.9. The van der Waals surface area contributed by atoms with Crippen LogP contribution in [0.1, 0.15) is 26.7 Å². The van der Waals surface area contributed by atoms with Crippen LogP contribution in [-0.4, -0.2) is 46.7 Å². The normalized spacial score (nSPS) is 14.4. The number of amides is 1. The molecule has 2 atom stereocenters. The number of rotatable bonds is 6. The predicted molar refractivity (Wildman–Crippen MR) is 55.4 cm³/mol. The fraction of sp³-hybridized carbons (Fsp3) is 0.800. The first-order chi connectivity index (χ1) is 6.82. The standard InChI is InChI=1S/C10H19NO4/c1-7(5-10(14)15)4-9(13)11(3)6-8(2)12/h7-8,12H,4-6H2,1-3H3,(H,14,15). The molecule has 0 bridgehead atoms. The number of aliphatic hydroxyl groups excluding tert-OH is 1. The van der Waals surface area contributed by atoms with E-state index in [9.17, 15) is 9.59 Å². The van der Waals surface area contributed by atoms with Crippen molar-refractivity contribution < 1.29 is 19.8 Å². The molecule has 0 rings (SSSR count). The lowest BCUT2D eigenvalue weighted by atomic mass is 10.0. The summed E-state index contributed by atoms with van der Waals surface area (Å²) in [5, 5.41) is 17.6. The van der Waals surface area contributed by atoms with Crippen molar-refractivity contribution in [2.75, 3.05) is 13.6 Å². The summed E-state index contributed by atoms with van der Waals surface area (Å²) in [5.74, 6) is -1.20. The van der Waals surface area contributed by atoms with Gasteiger partial charge in [0.25, 0.3) is 0 Å². The predicted octanol–water partition coefficient (Wildman–Crippen LogP) is 0.326. The van der Waals surface area contributed by atoms with E-state index in [1.165, 1.54) is 4.90 Å². The molecule has 0 aliphatic heterocycles. The van der Waals surface area contributed by atoms with Gasteiger partial charge in [-0.15, -0.1) is 0 Å². The molecule has 88 valence electrons. The molecule has 1 amide bonds. The van der Waals surface area contributed by atoms with Gasteiger partial charge in [0.05, 0.1) is 6.10 Å². The average molecular weight is 217 g/mol. The van der Waals surface area contributed by atoms with Crippen LogP contribution in [0.2, 0.25) is 0 Å². The Balaban J connectivity index is 3.95. The van der Waals surface area contributed by atoms with Crippen LogP contribution in [0.5, 0.6) is 0 Å². The van der Waals surface area contributed by atoms with Crippen molar-refractivity contribution in [2.45, 2.75) is 32.8 Å². The lowest BCUT2D eigenvalue weighted by Crippen LogP contribution is -2.34. The minimum atomic E-state index is -0.895. The molecule has 0 heterocycles. The number of aliphatic hydroxyl groups is 1. The van der Waals surface area contributed by atoms with Crippen molar-refractivity contribution in [2.24, 2.45) is 5.92 Å². The molecule has 2 N–H and O–H groups in total. The van der Waals surface area contributed by atoms with Crippen molar-refractivity contribution in [3.63, 3.8) is 0 Å². The Morgan fingerprint density at radius 2 is 1.80 bits per heavy atom. The number of aliphatic carboxylic acids is 1. The van der Waals surface area contributed by atoms with Gasteiger partial charge >= 0.3 is 5.97 Å². The highest BCUT2D eigenvalue weighted by atomic mass is 16.4. The zero-order valence-electron chi connectivity index (χ0n) is 9.43. The number of likely N-dealkylation sites (N-methyl/N-ethyl adjacent to an activating group) is 1. The average Bonchev–Trinajstić information content (AvgIpc) is 2.00. The van der Waals surface area contributed by atoms with Gasteiger partial charge in [-0.2, -0.15) is 0 Å². The van der Waals surface area contributed by atoms with E-state index in [4.69, 9.17) is 10.2 Å². The Labute approximate surface area is 89.7 Å². The summed E-state index contributed by atoms with van der Waals surface area (Å²) in [6.45, 7) is 3.60. The number of hydrogen-bond acceptors (Lipinski definition) is 3. The largest absolute Gasteiger partial charge is 0.481 e. The Morgan fingerprint density at radius 1 is 1.27 bits per heavy atom. The first-order valence-electron chi connectivity index (χ1n) is 4.96. The minimum Gasteiger partial charge on any atom is -0.481 e. The van der Waals surface area contributed by atoms with Gasteiger partial charge in [-0.3, -0.25) is 9.59 Å². The summed E-state index contributed by atoms with van der Waals surface area (Å²) in [5.41, 5.74) is 0. The Kier molecular flexibility index (Phi) is 5.93. The molecule has 0 aromatic heterocycles. The summed E-state index contributed by atoms with van der Waals surface area (Å²) < 4.78 is 0. The molecule has 0 saturated heterocycles. The first-order valence-corrected chi connectivity index (χ1v) is 4.96. The molecule has 5 nitrogen and oxygen atoms in total. The molecule has 0 aromatic rings. The highest BCUT2D eigenvalue weighted by Gasteiger charge is 2.16. The Morgan fingerprint density at radius 3 is 2.20 bits per heavy atom. The molecule has 0 fully saturated rings. The van der Waals surface area contributed by atoms with E-state index in [0.717, 1.165) is 0 Å². The second kappa shape index (κ2) is 6.40. The van der Waals surface area contributed by atoms with Crippen molar-refractivity contribution in [3.05, 3.63) is 0 Å². The topological polar surface area (TPSA) is 77.8 Å². The van der Waals surface area contributed by atoms with Gasteiger partial charge in [0.1, 0.15) is 0 Å². The lowest BCUT2D eigenvalue weighted by molar-refractivity contribution is -0.138. The van der Waals surface area contributed by atoms with Gasteiger partial charge in [0, 0.05) is 26.4 Å². The highest BCUT2D eigenvalue weighted by molar-refractivity contribution is 5.77. The molecular formula is C10H19NO4. The number of carboxylic acids is 1. The van der Waals surface area contributed by atoms with E-state index in [-0.39, 0.29) is 31.2 Å². The molecule has 15 heavy (non-hydrogen) atoms. The molecule has 0 aliphatic carbocycles. The Bertz CT molecular complexity index is 227. The van der Waals surface area contributed by atoms with E-state index in [1.807, 2.05) is 0 Å². The van der Waals surface area contributed by atoms with E-state index in [1.54, 1.807) is 20.9 Å². The number of carbonyl (C=O) groups excluding carboxylic acids is 1. The summed E-state index contributed by atoms with van der Waals surface area (Å²) >= 11 is 0. The zero-order valence-corrected chi connectivity index (χ0v) is 9.43. The summed E-state index contributed by atoms with van der Waals surface area (Å²) in [7, 11) is 1.60. The summed E-state index contributed by atoms with van der Waals surface area (Å²) in [4.78, 5) is 23.3. The third-order valence-corrected chi connectivity index (χ3v) is 2.01. The third-order valence-electron chi connectivity index (χ3n) is 2.01. The van der Waals surface area contributed by atoms with Crippen LogP contribution >= 0.6 is 0 Å². The molecular weight excluding hydrogens is 198 g/mol. The Hall–Kier alpha value is -1.10. The van der Waals surface area contributed by atoms with Gasteiger partial charge in [0.2, 0.25) is 5.91 Å². The fourth-order valence-electron chi connectivity index (χ4n) is 1.32. The van der Waals surface area contributed by atoms with Crippen molar-refractivity contribution in [1.82, 2.24) is 4.90 Å². The van der Waals surface area contributed by atoms with Crippen molar-refractivity contribution in [1.29, 1.82) is 0 Å². The van der Waals surface area contributed by atoms with Gasteiger partial charge in [-0.05, 0) is 12.8 Å². The van der Waals surface area contributed by atoms with Crippen molar-refractivity contribution in [3.8, 4) is 0 Å². The lowest BCUT2D eigenvalue weighted by Gasteiger charge is -2.20. The quantitative estimate of drug-likeness (QED) is 0.672. The van der Waals surface area contributed by atoms with Crippen LogP contribution in [0.15, 0.2) is 0 Å². The monoisotopic (exact) mass is 217 g/mol. The van der Waals surface area contributed by atoms with Gasteiger partial charge in [-0.1, -0.05) is 6.92 Å². The van der Waals surface area contributed by atoms with Crippen LogP contribution in [0, 0.1) is 5.92 Å². The second-order valence-electron chi connectivity index (χ2n) is 4.03. The molecule has 0 aliphatic rings. The second-order valence-corrected chi connectivity index (χ2v) is 4.03. The van der Waals surface area contributed by atoms with Crippen LogP contribution < -0.4 is 0 Å². The van der Waals surface area contributed by atoms with Crippen LogP contribution in [0.25, 0.3) is 0 Å². The molecule has 0 radical (unpaired) electrons. The number of nitrogens with zero attached hydrogens (tertiary/aromatic N) is 1. The highest BCUT2D eigenvalue weighted by Crippen LogP contribution is 2.09. The van der Waals surface area contributed by atoms with Crippen LogP contribution in [0.4, 0.5) is 0 Å². The number of hydrogen-bond donors (Lipinski definition) is 2. The molecule has 0 saturated carbocycles. The van der Waals surface area contributed by atoms with E-state index in [2.05, 4.69) is 0 Å². The molecule has 2 unspecified atom stereocenters. The smallest absolute Gasteiger partial charge is 0.303 e. The fourth-order valence-corrected chi connectivity index (χ4v) is 1.32. The summed E-state index contributed by atoms with van der Waals surface area (Å²) in [6, 6.07) is 0. The number of carbonyl (C=O) groups is 2. The maximum absolute atomic E-state index is 11.5. The molecule has 0 spiro atoms. The van der Waals surface area contributed by atoms with E-state index in [0.29, 0.717) is 0 Å². The SMILES string of the molecule is CC(O)CN(C)C(=O)CC(C)CC(=O)O. The molecule has 5 heteroatoms. The maximum atomic E-state index is 11.5. The summed E-state index contributed by atoms with van der Waals surface area (Å²) in [6.07, 6.45) is -0.363.